The fraction of sp³-hybridized carbons (Fsp3) is 0.571. The maximum atomic E-state index is 10.8. The molecule has 3 rings (SSSR count). The number of aliphatic carboxylic acids is 1. The van der Waals surface area contributed by atoms with E-state index in [0.717, 1.165) is 25.0 Å². The molecule has 2 aliphatic carbocycles. The van der Waals surface area contributed by atoms with Gasteiger partial charge in [-0.1, -0.05) is 6.07 Å². The molecule has 0 spiro atoms. The first-order chi connectivity index (χ1) is 8.24. The molecule has 1 saturated carbocycles. The quantitative estimate of drug-likeness (QED) is 0.870. The molecule has 0 radical (unpaired) electrons. The normalized spacial score (nSPS) is 23.2. The molecule has 0 aliphatic heterocycles. The molecule has 0 amide bonds. The molecule has 1 fully saturated rings. The van der Waals surface area contributed by atoms with Gasteiger partial charge in [0, 0.05) is 17.3 Å². The van der Waals surface area contributed by atoms with Gasteiger partial charge in [0.15, 0.2) is 0 Å². The smallest absolute Gasteiger partial charge is 0.303 e. The lowest BCUT2D eigenvalue weighted by Crippen LogP contribution is -2.15. The number of aromatic nitrogens is 1. The van der Waals surface area contributed by atoms with Crippen LogP contribution < -0.4 is 0 Å². The monoisotopic (exact) mass is 231 g/mol. The van der Waals surface area contributed by atoms with Crippen LogP contribution in [0.1, 0.15) is 60.9 Å². The Labute approximate surface area is 101 Å². The van der Waals surface area contributed by atoms with Gasteiger partial charge in [-0.2, -0.15) is 0 Å². The molecule has 90 valence electrons. The number of aryl methyl sites for hydroxylation is 1. The number of pyridine rings is 1. The second kappa shape index (κ2) is 4.13. The maximum absolute atomic E-state index is 10.8. The van der Waals surface area contributed by atoms with E-state index in [1.807, 2.05) is 0 Å². The Bertz CT molecular complexity index is 452. The Morgan fingerprint density at radius 1 is 1.35 bits per heavy atom. The number of fused-ring (bicyclic) bond motifs is 1. The van der Waals surface area contributed by atoms with Crippen LogP contribution in [0.3, 0.4) is 0 Å². The van der Waals surface area contributed by atoms with Crippen molar-refractivity contribution in [3.05, 3.63) is 29.1 Å². The second-order valence-electron chi connectivity index (χ2n) is 5.23. The van der Waals surface area contributed by atoms with E-state index in [9.17, 15) is 4.79 Å². The molecule has 1 N–H and O–H groups in total. The standard InChI is InChI=1S/C14H17NO2/c16-14(17)8-10-2-1-3-13-11(10)6-7-12(15-13)9-4-5-9/h6-7,9-10H,1-5,8H2,(H,16,17). The van der Waals surface area contributed by atoms with Gasteiger partial charge in [0.1, 0.15) is 0 Å². The van der Waals surface area contributed by atoms with Crippen LogP contribution >= 0.6 is 0 Å². The predicted molar refractivity (Wildman–Crippen MR) is 64.1 cm³/mol. The topological polar surface area (TPSA) is 50.2 Å². The van der Waals surface area contributed by atoms with Gasteiger partial charge in [0.2, 0.25) is 0 Å². The molecule has 1 atom stereocenters. The van der Waals surface area contributed by atoms with Crippen LogP contribution in [0, 0.1) is 0 Å². The second-order valence-corrected chi connectivity index (χ2v) is 5.23. The van der Waals surface area contributed by atoms with E-state index >= 15 is 0 Å². The number of rotatable bonds is 3. The summed E-state index contributed by atoms with van der Waals surface area (Å²) >= 11 is 0. The third-order valence-corrected chi connectivity index (χ3v) is 3.85. The van der Waals surface area contributed by atoms with Crippen LogP contribution in [0.25, 0.3) is 0 Å². The van der Waals surface area contributed by atoms with E-state index < -0.39 is 5.97 Å². The van der Waals surface area contributed by atoms with Crippen molar-refractivity contribution in [2.75, 3.05) is 0 Å². The summed E-state index contributed by atoms with van der Waals surface area (Å²) < 4.78 is 0. The van der Waals surface area contributed by atoms with Gasteiger partial charge in [-0.15, -0.1) is 0 Å². The van der Waals surface area contributed by atoms with Crippen LogP contribution in [0.15, 0.2) is 12.1 Å². The van der Waals surface area contributed by atoms with E-state index in [2.05, 4.69) is 12.1 Å². The zero-order chi connectivity index (χ0) is 11.8. The largest absolute Gasteiger partial charge is 0.481 e. The number of carbonyl (C=O) groups is 1. The molecule has 1 aromatic rings. The van der Waals surface area contributed by atoms with Crippen molar-refractivity contribution in [3.8, 4) is 0 Å². The summed E-state index contributed by atoms with van der Waals surface area (Å²) in [5, 5.41) is 8.92. The molecule has 0 aromatic carbocycles. The summed E-state index contributed by atoms with van der Waals surface area (Å²) in [6.07, 6.45) is 5.87. The molecule has 1 heterocycles. The molecule has 2 aliphatic rings. The van der Waals surface area contributed by atoms with Gasteiger partial charge >= 0.3 is 5.97 Å². The first-order valence-electron chi connectivity index (χ1n) is 6.45. The van der Waals surface area contributed by atoms with E-state index in [0.29, 0.717) is 5.92 Å². The van der Waals surface area contributed by atoms with Crippen LogP contribution in [0.5, 0.6) is 0 Å². The van der Waals surface area contributed by atoms with Crippen molar-refractivity contribution < 1.29 is 9.90 Å². The van der Waals surface area contributed by atoms with Gasteiger partial charge in [0.05, 0.1) is 6.42 Å². The van der Waals surface area contributed by atoms with Gasteiger partial charge in [-0.05, 0) is 49.7 Å². The minimum Gasteiger partial charge on any atom is -0.481 e. The maximum Gasteiger partial charge on any atom is 0.303 e. The van der Waals surface area contributed by atoms with E-state index in [4.69, 9.17) is 10.1 Å². The molecular weight excluding hydrogens is 214 g/mol. The number of carboxylic acids is 1. The van der Waals surface area contributed by atoms with Crippen molar-refractivity contribution in [2.24, 2.45) is 0 Å². The lowest BCUT2D eigenvalue weighted by Gasteiger charge is -2.23. The van der Waals surface area contributed by atoms with Crippen molar-refractivity contribution in [3.63, 3.8) is 0 Å². The molecule has 17 heavy (non-hydrogen) atoms. The minimum atomic E-state index is -0.700. The molecule has 1 unspecified atom stereocenters. The van der Waals surface area contributed by atoms with Crippen molar-refractivity contribution in [1.82, 2.24) is 4.98 Å². The lowest BCUT2D eigenvalue weighted by atomic mass is 9.83. The molecule has 3 nitrogen and oxygen atoms in total. The highest BCUT2D eigenvalue weighted by atomic mass is 16.4. The fourth-order valence-electron chi connectivity index (χ4n) is 2.80. The highest BCUT2D eigenvalue weighted by Crippen LogP contribution is 2.41. The Hall–Kier alpha value is -1.38. The first-order valence-corrected chi connectivity index (χ1v) is 6.45. The average Bonchev–Trinajstić information content (AvgIpc) is 3.12. The zero-order valence-corrected chi connectivity index (χ0v) is 9.85. The van der Waals surface area contributed by atoms with Gasteiger partial charge in [-0.3, -0.25) is 9.78 Å². The van der Waals surface area contributed by atoms with E-state index in [1.165, 1.54) is 24.1 Å². The molecule has 0 saturated heterocycles. The lowest BCUT2D eigenvalue weighted by molar-refractivity contribution is -0.137. The third-order valence-electron chi connectivity index (χ3n) is 3.85. The number of nitrogens with zero attached hydrogens (tertiary/aromatic N) is 1. The van der Waals surface area contributed by atoms with Gasteiger partial charge < -0.3 is 5.11 Å². The molecule has 3 heteroatoms. The Balaban J connectivity index is 1.89. The van der Waals surface area contributed by atoms with Gasteiger partial charge in [0.25, 0.3) is 0 Å². The third kappa shape index (κ3) is 2.19. The van der Waals surface area contributed by atoms with Crippen molar-refractivity contribution in [1.29, 1.82) is 0 Å². The summed E-state index contributed by atoms with van der Waals surface area (Å²) in [6.45, 7) is 0. The number of carboxylic acid groups (broad SMARTS) is 1. The zero-order valence-electron chi connectivity index (χ0n) is 9.85. The fourth-order valence-corrected chi connectivity index (χ4v) is 2.80. The average molecular weight is 231 g/mol. The Morgan fingerprint density at radius 2 is 2.18 bits per heavy atom. The minimum absolute atomic E-state index is 0.178. The van der Waals surface area contributed by atoms with Crippen LogP contribution in [-0.2, 0) is 11.2 Å². The summed E-state index contributed by atoms with van der Waals surface area (Å²) in [5.74, 6) is 0.159. The van der Waals surface area contributed by atoms with E-state index in [1.54, 1.807) is 0 Å². The predicted octanol–water partition coefficient (Wildman–Crippen LogP) is 2.85. The SMILES string of the molecule is O=C(O)CC1CCCc2nc(C3CC3)ccc21. The molecule has 0 bridgehead atoms. The summed E-state index contributed by atoms with van der Waals surface area (Å²) in [7, 11) is 0. The van der Waals surface area contributed by atoms with E-state index in [-0.39, 0.29) is 12.3 Å². The first kappa shape index (κ1) is 10.8. The van der Waals surface area contributed by atoms with Crippen molar-refractivity contribution >= 4 is 5.97 Å². The highest BCUT2D eigenvalue weighted by molar-refractivity contribution is 5.68. The Kier molecular flexibility index (Phi) is 2.61. The van der Waals surface area contributed by atoms with Crippen LogP contribution in [-0.4, -0.2) is 16.1 Å². The van der Waals surface area contributed by atoms with Gasteiger partial charge in [-0.25, -0.2) is 0 Å². The molecule has 1 aromatic heterocycles. The number of hydrogen-bond acceptors (Lipinski definition) is 2. The number of hydrogen-bond donors (Lipinski definition) is 1. The van der Waals surface area contributed by atoms with Crippen LogP contribution in [0.2, 0.25) is 0 Å². The summed E-state index contributed by atoms with van der Waals surface area (Å²) in [6, 6.07) is 4.24. The summed E-state index contributed by atoms with van der Waals surface area (Å²) in [4.78, 5) is 15.6. The van der Waals surface area contributed by atoms with Crippen molar-refractivity contribution in [2.45, 2.75) is 50.4 Å². The van der Waals surface area contributed by atoms with Crippen LogP contribution in [0.4, 0.5) is 0 Å². The Morgan fingerprint density at radius 3 is 2.88 bits per heavy atom. The highest BCUT2D eigenvalue weighted by Gasteiger charge is 2.28. The molecular formula is C14H17NO2. The summed E-state index contributed by atoms with van der Waals surface area (Å²) in [5.41, 5.74) is 3.56.